The predicted octanol–water partition coefficient (Wildman–Crippen LogP) is -0.0991. The number of piperidine rings is 1. The molecule has 2 fully saturated rings. The molecule has 2 aliphatic rings. The smallest absolute Gasteiger partial charge is 0.244 e. The summed E-state index contributed by atoms with van der Waals surface area (Å²) in [4.78, 5) is 16.3. The number of likely N-dealkylation sites (N-methyl/N-ethyl adjacent to an activating group) is 1. The highest BCUT2D eigenvalue weighted by atomic mass is 16.2. The number of hydrogen-bond donors (Lipinski definition) is 1. The van der Waals surface area contributed by atoms with E-state index in [2.05, 4.69) is 17.3 Å². The van der Waals surface area contributed by atoms with E-state index in [9.17, 15) is 4.79 Å². The monoisotopic (exact) mass is 211 g/mol. The first-order chi connectivity index (χ1) is 7.07. The molecule has 0 spiro atoms. The van der Waals surface area contributed by atoms with Gasteiger partial charge in [0.25, 0.3) is 0 Å². The van der Waals surface area contributed by atoms with Gasteiger partial charge in [0.1, 0.15) is 5.54 Å². The van der Waals surface area contributed by atoms with Crippen molar-refractivity contribution in [3.63, 3.8) is 0 Å². The minimum atomic E-state index is -0.288. The maximum absolute atomic E-state index is 11.9. The second kappa shape index (κ2) is 3.76. The lowest BCUT2D eigenvalue weighted by Gasteiger charge is -2.51. The van der Waals surface area contributed by atoms with Crippen LogP contribution in [0.4, 0.5) is 0 Å². The standard InChI is InChI=1S/C11H21N3O/c1-11(12-2)8-14(10(11)15)9-4-6-13(3)7-5-9/h9,12H,4-8H2,1-3H3. The molecule has 2 saturated heterocycles. The van der Waals surface area contributed by atoms with E-state index in [1.165, 1.54) is 0 Å². The molecule has 2 aliphatic heterocycles. The van der Waals surface area contributed by atoms with E-state index in [1.54, 1.807) is 0 Å². The quantitative estimate of drug-likeness (QED) is 0.648. The van der Waals surface area contributed by atoms with Gasteiger partial charge in [-0.25, -0.2) is 0 Å². The number of hydrogen-bond acceptors (Lipinski definition) is 3. The predicted molar refractivity (Wildman–Crippen MR) is 59.7 cm³/mol. The first kappa shape index (κ1) is 10.9. The van der Waals surface area contributed by atoms with Crippen LogP contribution in [-0.2, 0) is 4.79 Å². The van der Waals surface area contributed by atoms with Crippen molar-refractivity contribution in [2.24, 2.45) is 0 Å². The Bertz CT molecular complexity index is 261. The third-order valence-corrected chi connectivity index (χ3v) is 3.90. The van der Waals surface area contributed by atoms with Gasteiger partial charge in [-0.3, -0.25) is 4.79 Å². The van der Waals surface area contributed by atoms with Gasteiger partial charge in [0.15, 0.2) is 0 Å². The van der Waals surface area contributed by atoms with Crippen LogP contribution in [0.15, 0.2) is 0 Å². The van der Waals surface area contributed by atoms with Gasteiger partial charge in [-0.05, 0) is 47.0 Å². The normalized spacial score (nSPS) is 34.3. The Balaban J connectivity index is 1.90. The SMILES string of the molecule is CNC1(C)CN(C2CCN(C)CC2)C1=O. The number of rotatable bonds is 2. The molecule has 1 atom stereocenters. The Morgan fingerprint density at radius 2 is 2.00 bits per heavy atom. The molecule has 1 N–H and O–H groups in total. The second-order valence-corrected chi connectivity index (χ2v) is 5.05. The van der Waals surface area contributed by atoms with Gasteiger partial charge < -0.3 is 15.1 Å². The molecule has 0 radical (unpaired) electrons. The highest BCUT2D eigenvalue weighted by Gasteiger charge is 2.49. The lowest BCUT2D eigenvalue weighted by Crippen LogP contribution is -2.73. The van der Waals surface area contributed by atoms with E-state index in [0.29, 0.717) is 6.04 Å². The second-order valence-electron chi connectivity index (χ2n) is 5.05. The van der Waals surface area contributed by atoms with Crippen molar-refractivity contribution >= 4 is 5.91 Å². The molecule has 4 nitrogen and oxygen atoms in total. The van der Waals surface area contributed by atoms with Gasteiger partial charge in [-0.15, -0.1) is 0 Å². The molecule has 86 valence electrons. The molecule has 0 aromatic carbocycles. The average molecular weight is 211 g/mol. The van der Waals surface area contributed by atoms with Gasteiger partial charge in [-0.2, -0.15) is 0 Å². The van der Waals surface area contributed by atoms with Gasteiger partial charge >= 0.3 is 0 Å². The fourth-order valence-corrected chi connectivity index (χ4v) is 2.49. The van der Waals surface area contributed by atoms with Crippen LogP contribution in [0.1, 0.15) is 19.8 Å². The van der Waals surface area contributed by atoms with Crippen LogP contribution < -0.4 is 5.32 Å². The Hall–Kier alpha value is -0.610. The van der Waals surface area contributed by atoms with Crippen molar-refractivity contribution in [2.45, 2.75) is 31.3 Å². The fraction of sp³-hybridized carbons (Fsp3) is 0.909. The summed E-state index contributed by atoms with van der Waals surface area (Å²) in [6, 6.07) is 0.482. The summed E-state index contributed by atoms with van der Waals surface area (Å²) in [6.07, 6.45) is 2.25. The van der Waals surface area contributed by atoms with Crippen molar-refractivity contribution < 1.29 is 4.79 Å². The zero-order chi connectivity index (χ0) is 11.1. The topological polar surface area (TPSA) is 35.6 Å². The minimum Gasteiger partial charge on any atom is -0.336 e. The molecule has 0 aromatic heterocycles. The number of nitrogens with one attached hydrogen (secondary N) is 1. The first-order valence-electron chi connectivity index (χ1n) is 5.75. The maximum atomic E-state index is 11.9. The number of nitrogens with zero attached hydrogens (tertiary/aromatic N) is 2. The van der Waals surface area contributed by atoms with Crippen LogP contribution in [0.2, 0.25) is 0 Å². The Morgan fingerprint density at radius 3 is 2.47 bits per heavy atom. The first-order valence-corrected chi connectivity index (χ1v) is 5.75. The summed E-state index contributed by atoms with van der Waals surface area (Å²) >= 11 is 0. The zero-order valence-electron chi connectivity index (χ0n) is 9.92. The molecule has 4 heteroatoms. The number of β-lactam (4-membered cyclic amide) rings is 1. The third kappa shape index (κ3) is 1.76. The average Bonchev–Trinajstić information content (AvgIpc) is 2.26. The molecule has 0 bridgehead atoms. The number of amides is 1. The lowest BCUT2D eigenvalue weighted by atomic mass is 9.87. The van der Waals surface area contributed by atoms with Crippen molar-refractivity contribution in [1.29, 1.82) is 0 Å². The Labute approximate surface area is 91.6 Å². The molecule has 15 heavy (non-hydrogen) atoms. The van der Waals surface area contributed by atoms with Crippen LogP contribution in [-0.4, -0.2) is 61.0 Å². The largest absolute Gasteiger partial charge is 0.336 e. The van der Waals surface area contributed by atoms with Crippen molar-refractivity contribution in [1.82, 2.24) is 15.1 Å². The minimum absolute atomic E-state index is 0.277. The molecule has 0 aromatic rings. The summed E-state index contributed by atoms with van der Waals surface area (Å²) in [7, 11) is 4.01. The van der Waals surface area contributed by atoms with Crippen LogP contribution in [0, 0.1) is 0 Å². The summed E-state index contributed by atoms with van der Waals surface area (Å²) in [5.74, 6) is 0.277. The number of carbonyl (C=O) groups is 1. The molecule has 1 amide bonds. The molecule has 0 saturated carbocycles. The highest BCUT2D eigenvalue weighted by molar-refractivity contribution is 5.92. The zero-order valence-corrected chi connectivity index (χ0v) is 9.92. The van der Waals surface area contributed by atoms with Crippen molar-refractivity contribution in [3.05, 3.63) is 0 Å². The van der Waals surface area contributed by atoms with E-state index in [0.717, 1.165) is 32.5 Å². The van der Waals surface area contributed by atoms with Gasteiger partial charge in [0, 0.05) is 12.6 Å². The fourth-order valence-electron chi connectivity index (χ4n) is 2.49. The van der Waals surface area contributed by atoms with Crippen molar-refractivity contribution in [2.75, 3.05) is 33.7 Å². The Morgan fingerprint density at radius 1 is 1.40 bits per heavy atom. The van der Waals surface area contributed by atoms with Crippen molar-refractivity contribution in [3.8, 4) is 0 Å². The van der Waals surface area contributed by atoms with Gasteiger partial charge in [0.05, 0.1) is 0 Å². The van der Waals surface area contributed by atoms with E-state index < -0.39 is 0 Å². The summed E-state index contributed by atoms with van der Waals surface area (Å²) in [5, 5.41) is 3.10. The van der Waals surface area contributed by atoms with E-state index >= 15 is 0 Å². The van der Waals surface area contributed by atoms with Crippen LogP contribution in [0.25, 0.3) is 0 Å². The van der Waals surface area contributed by atoms with Crippen LogP contribution in [0.5, 0.6) is 0 Å². The number of carbonyl (C=O) groups excluding carboxylic acids is 1. The molecular weight excluding hydrogens is 190 g/mol. The third-order valence-electron chi connectivity index (χ3n) is 3.90. The van der Waals surface area contributed by atoms with E-state index in [-0.39, 0.29) is 11.4 Å². The van der Waals surface area contributed by atoms with E-state index in [4.69, 9.17) is 0 Å². The lowest BCUT2D eigenvalue weighted by molar-refractivity contribution is -0.156. The van der Waals surface area contributed by atoms with Gasteiger partial charge in [-0.1, -0.05) is 0 Å². The molecular formula is C11H21N3O. The summed E-state index contributed by atoms with van der Waals surface area (Å²) in [5.41, 5.74) is -0.288. The van der Waals surface area contributed by atoms with E-state index in [1.807, 2.05) is 18.9 Å². The summed E-state index contributed by atoms with van der Waals surface area (Å²) in [6.45, 7) is 5.09. The molecule has 2 heterocycles. The van der Waals surface area contributed by atoms with Crippen LogP contribution in [0.3, 0.4) is 0 Å². The maximum Gasteiger partial charge on any atom is 0.244 e. The van der Waals surface area contributed by atoms with Gasteiger partial charge in [0.2, 0.25) is 5.91 Å². The molecule has 2 rings (SSSR count). The van der Waals surface area contributed by atoms with Crippen LogP contribution >= 0.6 is 0 Å². The Kier molecular flexibility index (Phi) is 2.73. The number of likely N-dealkylation sites (tertiary alicyclic amines) is 2. The molecule has 1 unspecified atom stereocenters. The molecule has 0 aliphatic carbocycles. The summed E-state index contributed by atoms with van der Waals surface area (Å²) < 4.78 is 0. The highest BCUT2D eigenvalue weighted by Crippen LogP contribution is 2.28.